The maximum Gasteiger partial charge on any atom is 0.334 e. The minimum atomic E-state index is -0.664. The Morgan fingerprint density at radius 1 is 1.10 bits per heavy atom. The Bertz CT molecular complexity index is 1490. The van der Waals surface area contributed by atoms with Crippen LogP contribution >= 0.6 is 11.3 Å². The summed E-state index contributed by atoms with van der Waals surface area (Å²) in [5.74, 6) is -0.186. The topological polar surface area (TPSA) is 128 Å². The average Bonchev–Trinajstić information content (AvgIpc) is 3.73. The summed E-state index contributed by atoms with van der Waals surface area (Å²) in [4.78, 5) is 46.2. The van der Waals surface area contributed by atoms with E-state index in [0.717, 1.165) is 50.3 Å². The molecule has 3 amide bonds. The molecular weight excluding hydrogens is 554 g/mol. The summed E-state index contributed by atoms with van der Waals surface area (Å²) in [6, 6.07) is 8.64. The Hall–Kier alpha value is -3.58. The van der Waals surface area contributed by atoms with Crippen molar-refractivity contribution in [3.8, 4) is 21.8 Å². The molecule has 0 bridgehead atoms. The lowest BCUT2D eigenvalue weighted by molar-refractivity contribution is 0.0364. The van der Waals surface area contributed by atoms with E-state index in [1.807, 2.05) is 28.1 Å². The van der Waals surface area contributed by atoms with E-state index in [2.05, 4.69) is 28.9 Å². The second kappa shape index (κ2) is 12.0. The molecule has 2 saturated heterocycles. The molecule has 1 unspecified atom stereocenters. The van der Waals surface area contributed by atoms with E-state index in [1.54, 1.807) is 12.1 Å². The van der Waals surface area contributed by atoms with E-state index in [9.17, 15) is 14.4 Å². The Balaban J connectivity index is 1.29. The van der Waals surface area contributed by atoms with Gasteiger partial charge >= 0.3 is 6.03 Å². The maximum absolute atomic E-state index is 14.0. The number of amides is 3. The number of urea groups is 1. The molecule has 0 saturated carbocycles. The molecule has 2 fully saturated rings. The SMILES string of the molecule is CCN(CC)CC1CCCCN1C(=O)c1ccc(-c2[nH]nc3c2C(=O)c2c-3cccc2N(C(N)=O)N2CCOCC2)s1. The Morgan fingerprint density at radius 3 is 2.62 bits per heavy atom. The normalized spacial score (nSPS) is 18.8. The summed E-state index contributed by atoms with van der Waals surface area (Å²) in [6.07, 6.45) is 3.15. The number of H-pyrrole nitrogens is 1. The van der Waals surface area contributed by atoms with Gasteiger partial charge in [0.25, 0.3) is 5.91 Å². The number of hydrogen-bond donors (Lipinski definition) is 2. The number of ether oxygens (including phenoxy) is 1. The lowest BCUT2D eigenvalue weighted by atomic mass is 10.0. The largest absolute Gasteiger partial charge is 0.379 e. The fourth-order valence-corrected chi connectivity index (χ4v) is 7.31. The lowest BCUT2D eigenvalue weighted by Gasteiger charge is -2.38. The molecule has 2 aromatic heterocycles. The van der Waals surface area contributed by atoms with Crippen LogP contribution in [0.4, 0.5) is 10.5 Å². The molecule has 6 rings (SSSR count). The molecule has 3 aliphatic rings. The number of piperidine rings is 1. The third kappa shape index (κ3) is 5.02. The highest BCUT2D eigenvalue weighted by molar-refractivity contribution is 7.17. The van der Waals surface area contributed by atoms with E-state index in [4.69, 9.17) is 10.5 Å². The van der Waals surface area contributed by atoms with Crippen molar-refractivity contribution >= 4 is 34.7 Å². The van der Waals surface area contributed by atoms with Crippen molar-refractivity contribution in [3.05, 3.63) is 46.3 Å². The molecule has 1 aromatic carbocycles. The number of fused-ring (bicyclic) bond motifs is 3. The van der Waals surface area contributed by atoms with Crippen molar-refractivity contribution in [2.24, 2.45) is 5.73 Å². The van der Waals surface area contributed by atoms with Crippen molar-refractivity contribution in [2.75, 3.05) is 57.5 Å². The average molecular weight is 592 g/mol. The molecule has 1 atom stereocenters. The van der Waals surface area contributed by atoms with Gasteiger partial charge in [-0.1, -0.05) is 26.0 Å². The van der Waals surface area contributed by atoms with E-state index in [0.29, 0.717) is 64.9 Å². The standard InChI is InChI=1S/C30H37N7O4S/c1-3-34(4-2)18-19-8-5-6-13-36(19)29(39)23-12-11-22(42-23)27-25-26(32-33-27)20-9-7-10-21(24(20)28(25)38)37(30(31)40)35-14-16-41-17-15-35/h7,9-12,19H,3-6,8,13-18H2,1-2H3,(H2,31,40)(H,32,33). The molecule has 3 N–H and O–H groups in total. The van der Waals surface area contributed by atoms with Gasteiger partial charge in [0.1, 0.15) is 5.69 Å². The first-order valence-corrected chi connectivity index (χ1v) is 15.6. The molecule has 3 aromatic rings. The van der Waals surface area contributed by atoms with Gasteiger partial charge in [0.2, 0.25) is 0 Å². The number of carbonyl (C=O) groups excluding carboxylic acids is 3. The third-order valence-electron chi connectivity index (χ3n) is 8.54. The van der Waals surface area contributed by atoms with Crippen LogP contribution in [0.1, 0.15) is 58.7 Å². The van der Waals surface area contributed by atoms with Gasteiger partial charge in [-0.3, -0.25) is 14.7 Å². The summed E-state index contributed by atoms with van der Waals surface area (Å²) < 4.78 is 5.44. The van der Waals surface area contributed by atoms with Crippen molar-refractivity contribution in [2.45, 2.75) is 39.2 Å². The summed E-state index contributed by atoms with van der Waals surface area (Å²) in [7, 11) is 0. The van der Waals surface area contributed by atoms with Crippen molar-refractivity contribution in [1.29, 1.82) is 0 Å². The van der Waals surface area contributed by atoms with Gasteiger partial charge in [0.15, 0.2) is 5.78 Å². The van der Waals surface area contributed by atoms with Crippen LogP contribution in [0.2, 0.25) is 0 Å². The number of morpholine rings is 1. The second-order valence-electron chi connectivity index (χ2n) is 10.9. The number of rotatable bonds is 8. The summed E-state index contributed by atoms with van der Waals surface area (Å²) in [5.41, 5.74) is 8.86. The molecule has 1 aliphatic carbocycles. The van der Waals surface area contributed by atoms with Crippen LogP contribution in [0.3, 0.4) is 0 Å². The highest BCUT2D eigenvalue weighted by Gasteiger charge is 2.38. The number of benzene rings is 1. The van der Waals surface area contributed by atoms with Gasteiger partial charge in [-0.15, -0.1) is 11.3 Å². The number of anilines is 1. The molecule has 0 spiro atoms. The Morgan fingerprint density at radius 2 is 1.88 bits per heavy atom. The fraction of sp³-hybridized carbons (Fsp3) is 0.467. The summed E-state index contributed by atoms with van der Waals surface area (Å²) in [5, 5.41) is 10.8. The highest BCUT2D eigenvalue weighted by atomic mass is 32.1. The van der Waals surface area contributed by atoms with Gasteiger partial charge in [-0.05, 0) is 50.6 Å². The van der Waals surface area contributed by atoms with Crippen molar-refractivity contribution < 1.29 is 19.1 Å². The maximum atomic E-state index is 14.0. The molecule has 11 nitrogen and oxygen atoms in total. The summed E-state index contributed by atoms with van der Waals surface area (Å²) in [6.45, 7) is 9.77. The van der Waals surface area contributed by atoms with Crippen molar-refractivity contribution in [1.82, 2.24) is 25.0 Å². The zero-order chi connectivity index (χ0) is 29.4. The molecular formula is C30H37N7O4S. The van der Waals surface area contributed by atoms with E-state index >= 15 is 0 Å². The smallest absolute Gasteiger partial charge is 0.334 e. The molecule has 0 radical (unpaired) electrons. The molecule has 42 heavy (non-hydrogen) atoms. The molecule has 12 heteroatoms. The highest BCUT2D eigenvalue weighted by Crippen LogP contribution is 2.45. The Labute approximate surface area is 249 Å². The van der Waals surface area contributed by atoms with Crippen molar-refractivity contribution in [3.63, 3.8) is 0 Å². The number of likely N-dealkylation sites (tertiary alicyclic amines) is 1. The molecule has 222 valence electrons. The van der Waals surface area contributed by atoms with Crippen LogP contribution in [0.5, 0.6) is 0 Å². The van der Waals surface area contributed by atoms with Gasteiger partial charge in [0.05, 0.1) is 45.5 Å². The zero-order valence-corrected chi connectivity index (χ0v) is 24.9. The number of carbonyl (C=O) groups is 3. The fourth-order valence-electron chi connectivity index (χ4n) is 6.34. The van der Waals surface area contributed by atoms with Crippen LogP contribution in [-0.2, 0) is 4.74 Å². The predicted octanol–water partition coefficient (Wildman–Crippen LogP) is 3.82. The number of aromatic nitrogens is 2. The number of aromatic amines is 1. The number of likely N-dealkylation sites (N-methyl/N-ethyl adjacent to an activating group) is 1. The lowest BCUT2D eigenvalue weighted by Crippen LogP contribution is -2.54. The number of hydrazine groups is 1. The van der Waals surface area contributed by atoms with Gasteiger partial charge in [-0.25, -0.2) is 14.8 Å². The molecule has 4 heterocycles. The van der Waals surface area contributed by atoms with E-state index in [1.165, 1.54) is 16.3 Å². The summed E-state index contributed by atoms with van der Waals surface area (Å²) >= 11 is 1.37. The first-order valence-electron chi connectivity index (χ1n) is 14.7. The predicted molar refractivity (Wildman–Crippen MR) is 162 cm³/mol. The minimum absolute atomic E-state index is 0.0405. The van der Waals surface area contributed by atoms with Crippen LogP contribution in [0.15, 0.2) is 30.3 Å². The van der Waals surface area contributed by atoms with E-state index in [-0.39, 0.29) is 17.7 Å². The number of nitrogens with zero attached hydrogens (tertiary/aromatic N) is 5. The number of ketones is 1. The first-order chi connectivity index (χ1) is 20.4. The quantitative estimate of drug-likeness (QED) is 0.319. The zero-order valence-electron chi connectivity index (χ0n) is 24.1. The van der Waals surface area contributed by atoms with Gasteiger partial charge < -0.3 is 20.3 Å². The second-order valence-corrected chi connectivity index (χ2v) is 11.9. The minimum Gasteiger partial charge on any atom is -0.379 e. The van der Waals surface area contributed by atoms with Crippen LogP contribution in [0, 0.1) is 0 Å². The van der Waals surface area contributed by atoms with Gasteiger partial charge in [-0.2, -0.15) is 5.10 Å². The molecule has 2 aliphatic heterocycles. The van der Waals surface area contributed by atoms with Crippen LogP contribution in [0.25, 0.3) is 21.8 Å². The monoisotopic (exact) mass is 591 g/mol. The van der Waals surface area contributed by atoms with Crippen LogP contribution in [-0.4, -0.2) is 101 Å². The number of nitrogens with two attached hydrogens (primary N) is 1. The number of primary amides is 1. The number of hydrogen-bond acceptors (Lipinski definition) is 8. The van der Waals surface area contributed by atoms with E-state index < -0.39 is 6.03 Å². The first kappa shape index (κ1) is 28.5. The van der Waals surface area contributed by atoms with Gasteiger partial charge in [0, 0.05) is 37.8 Å². The number of thiophene rings is 1. The van der Waals surface area contributed by atoms with Crippen LogP contribution < -0.4 is 10.7 Å². The Kier molecular flexibility index (Phi) is 8.13. The third-order valence-corrected chi connectivity index (χ3v) is 9.63. The number of nitrogens with one attached hydrogen (secondary N) is 1.